The van der Waals surface area contributed by atoms with Crippen LogP contribution in [-0.2, 0) is 0 Å². The number of aromatic amines is 2. The quantitative estimate of drug-likeness (QED) is 0.553. The van der Waals surface area contributed by atoms with Gasteiger partial charge in [-0.2, -0.15) is 0 Å². The third-order valence-corrected chi connectivity index (χ3v) is 5.95. The Morgan fingerprint density at radius 1 is 0.833 bits per heavy atom. The maximum Gasteiger partial charge on any atom is 0.327 e. The second kappa shape index (κ2) is 5.91. The molecule has 0 aliphatic heterocycles. The van der Waals surface area contributed by atoms with Gasteiger partial charge in [0, 0.05) is 10.6 Å². The number of nitrogens with one attached hydrogen (secondary N) is 2. The molecule has 2 aromatic heterocycles. The summed E-state index contributed by atoms with van der Waals surface area (Å²) in [5, 5.41) is 2.19. The average molecular weight is 336 g/mol. The Morgan fingerprint density at radius 3 is 2.00 bits per heavy atom. The van der Waals surface area contributed by atoms with E-state index in [9.17, 15) is 9.59 Å². The summed E-state index contributed by atoms with van der Waals surface area (Å²) in [6.07, 6.45) is 1.61. The SMILES string of the molecule is O=c1[nH]c(=O)c2ncn(P(c3ccccc3)c3ccccc3)c2[nH]1. The van der Waals surface area contributed by atoms with Crippen LogP contribution in [0.25, 0.3) is 11.2 Å². The van der Waals surface area contributed by atoms with E-state index in [0.29, 0.717) is 5.65 Å². The highest BCUT2D eigenvalue weighted by Crippen LogP contribution is 2.37. The first-order chi connectivity index (χ1) is 11.7. The van der Waals surface area contributed by atoms with Crippen molar-refractivity contribution in [1.82, 2.24) is 19.3 Å². The van der Waals surface area contributed by atoms with E-state index in [0.717, 1.165) is 10.6 Å². The molecule has 7 heteroatoms. The third-order valence-electron chi connectivity index (χ3n) is 3.64. The molecule has 0 aliphatic carbocycles. The van der Waals surface area contributed by atoms with E-state index in [1.54, 1.807) is 6.33 Å². The first-order valence-corrected chi connectivity index (χ1v) is 8.63. The zero-order valence-electron chi connectivity index (χ0n) is 12.5. The van der Waals surface area contributed by atoms with E-state index in [2.05, 4.69) is 15.0 Å². The molecular weight excluding hydrogens is 323 g/mol. The highest BCUT2D eigenvalue weighted by molar-refractivity contribution is 7.71. The first kappa shape index (κ1) is 14.6. The van der Waals surface area contributed by atoms with Gasteiger partial charge in [-0.1, -0.05) is 60.7 Å². The van der Waals surface area contributed by atoms with Crippen molar-refractivity contribution in [2.45, 2.75) is 0 Å². The minimum Gasteiger partial charge on any atom is -0.291 e. The fourth-order valence-corrected chi connectivity index (χ4v) is 4.82. The van der Waals surface area contributed by atoms with E-state index in [-0.39, 0.29) is 5.52 Å². The summed E-state index contributed by atoms with van der Waals surface area (Å²) in [4.78, 5) is 32.8. The smallest absolute Gasteiger partial charge is 0.291 e. The van der Waals surface area contributed by atoms with Gasteiger partial charge in [0.05, 0.1) is 8.07 Å². The molecular formula is C17H13N4O2P. The molecule has 2 heterocycles. The minimum atomic E-state index is -1.00. The number of hydrogen-bond donors (Lipinski definition) is 2. The lowest BCUT2D eigenvalue weighted by molar-refractivity contribution is 1.06. The summed E-state index contributed by atoms with van der Waals surface area (Å²) >= 11 is 0. The van der Waals surface area contributed by atoms with Crippen LogP contribution in [0.3, 0.4) is 0 Å². The molecule has 0 atom stereocenters. The number of fused-ring (bicyclic) bond motifs is 1. The number of imidazole rings is 1. The fourth-order valence-electron chi connectivity index (χ4n) is 2.61. The van der Waals surface area contributed by atoms with Crippen molar-refractivity contribution in [3.05, 3.63) is 87.8 Å². The van der Waals surface area contributed by atoms with Gasteiger partial charge < -0.3 is 0 Å². The van der Waals surface area contributed by atoms with E-state index in [1.165, 1.54) is 0 Å². The summed E-state index contributed by atoms with van der Waals surface area (Å²) in [6, 6.07) is 20.0. The molecule has 24 heavy (non-hydrogen) atoms. The van der Waals surface area contributed by atoms with E-state index < -0.39 is 19.3 Å². The predicted octanol–water partition coefficient (Wildman–Crippen LogP) is 1.31. The Balaban J connectivity index is 2.02. The van der Waals surface area contributed by atoms with Crippen molar-refractivity contribution >= 4 is 29.8 Å². The van der Waals surface area contributed by atoms with Crippen LogP contribution >= 0.6 is 8.07 Å². The molecule has 4 rings (SSSR count). The number of hydrogen-bond acceptors (Lipinski definition) is 3. The van der Waals surface area contributed by atoms with Crippen LogP contribution in [0.1, 0.15) is 0 Å². The molecule has 0 radical (unpaired) electrons. The molecule has 0 amide bonds. The summed E-state index contributed by atoms with van der Waals surface area (Å²) in [6.45, 7) is 0. The lowest BCUT2D eigenvalue weighted by atomic mass is 10.4. The normalized spacial score (nSPS) is 11.2. The Bertz CT molecular complexity index is 1060. The van der Waals surface area contributed by atoms with Crippen LogP contribution in [0.2, 0.25) is 0 Å². The molecule has 0 bridgehead atoms. The summed E-state index contributed by atoms with van der Waals surface area (Å²) in [5.41, 5.74) is -0.356. The highest BCUT2D eigenvalue weighted by Gasteiger charge is 2.20. The van der Waals surface area contributed by atoms with Crippen LogP contribution in [-0.4, -0.2) is 19.3 Å². The minimum absolute atomic E-state index is 0.231. The van der Waals surface area contributed by atoms with Gasteiger partial charge in [0.2, 0.25) is 0 Å². The molecule has 0 saturated heterocycles. The van der Waals surface area contributed by atoms with Crippen LogP contribution in [0.15, 0.2) is 76.6 Å². The standard InChI is InChI=1S/C17H13N4O2P/c22-16-14-15(19-17(23)20-16)21(11-18-14)24(12-7-3-1-4-8-12)13-9-5-2-6-10-13/h1-11H,(H2,19,20,22,23). The summed E-state index contributed by atoms with van der Waals surface area (Å²) in [7, 11) is -1.00. The highest BCUT2D eigenvalue weighted by atomic mass is 31.1. The summed E-state index contributed by atoms with van der Waals surface area (Å²) < 4.78 is 1.88. The molecule has 2 aromatic carbocycles. The van der Waals surface area contributed by atoms with Crippen molar-refractivity contribution in [3.63, 3.8) is 0 Å². The van der Waals surface area contributed by atoms with Gasteiger partial charge in [-0.3, -0.25) is 19.1 Å². The summed E-state index contributed by atoms with van der Waals surface area (Å²) in [5.74, 6) is 0. The molecule has 118 valence electrons. The Kier molecular flexibility index (Phi) is 3.59. The Labute approximate surface area is 137 Å². The lowest BCUT2D eigenvalue weighted by Gasteiger charge is -2.20. The Hall–Kier alpha value is -2.98. The lowest BCUT2D eigenvalue weighted by Crippen LogP contribution is -2.23. The maximum atomic E-state index is 12.0. The molecule has 0 saturated carbocycles. The topological polar surface area (TPSA) is 83.5 Å². The van der Waals surface area contributed by atoms with Crippen molar-refractivity contribution in [3.8, 4) is 0 Å². The first-order valence-electron chi connectivity index (χ1n) is 7.34. The van der Waals surface area contributed by atoms with Crippen molar-refractivity contribution in [2.75, 3.05) is 0 Å². The fraction of sp³-hybridized carbons (Fsp3) is 0. The number of nitrogens with zero attached hydrogens (tertiary/aromatic N) is 2. The largest absolute Gasteiger partial charge is 0.327 e. The van der Waals surface area contributed by atoms with Crippen molar-refractivity contribution in [2.24, 2.45) is 0 Å². The molecule has 0 spiro atoms. The van der Waals surface area contributed by atoms with Crippen LogP contribution < -0.4 is 21.9 Å². The predicted molar refractivity (Wildman–Crippen MR) is 95.4 cm³/mol. The third kappa shape index (κ3) is 2.47. The van der Waals surface area contributed by atoms with Crippen LogP contribution in [0, 0.1) is 0 Å². The average Bonchev–Trinajstić information content (AvgIpc) is 3.01. The number of aromatic nitrogens is 4. The van der Waals surface area contributed by atoms with Gasteiger partial charge in [-0.15, -0.1) is 0 Å². The van der Waals surface area contributed by atoms with Crippen LogP contribution in [0.4, 0.5) is 0 Å². The second-order valence-corrected chi connectivity index (χ2v) is 7.26. The van der Waals surface area contributed by atoms with Crippen LogP contribution in [0.5, 0.6) is 0 Å². The van der Waals surface area contributed by atoms with E-state index in [1.807, 2.05) is 65.0 Å². The zero-order valence-corrected chi connectivity index (χ0v) is 13.4. The van der Waals surface area contributed by atoms with Crippen molar-refractivity contribution < 1.29 is 0 Å². The van der Waals surface area contributed by atoms with Crippen molar-refractivity contribution in [1.29, 1.82) is 0 Å². The molecule has 0 unspecified atom stereocenters. The van der Waals surface area contributed by atoms with Gasteiger partial charge in [0.25, 0.3) is 5.56 Å². The number of benzene rings is 2. The Morgan fingerprint density at radius 2 is 1.42 bits per heavy atom. The van der Waals surface area contributed by atoms with E-state index >= 15 is 0 Å². The van der Waals surface area contributed by atoms with Gasteiger partial charge >= 0.3 is 5.69 Å². The van der Waals surface area contributed by atoms with Gasteiger partial charge in [0.15, 0.2) is 11.2 Å². The molecule has 0 aliphatic rings. The van der Waals surface area contributed by atoms with Gasteiger partial charge in [-0.25, -0.2) is 9.78 Å². The molecule has 4 aromatic rings. The number of rotatable bonds is 3. The zero-order chi connectivity index (χ0) is 16.5. The monoisotopic (exact) mass is 336 g/mol. The molecule has 0 fully saturated rings. The maximum absolute atomic E-state index is 12.0. The molecule has 6 nitrogen and oxygen atoms in total. The van der Waals surface area contributed by atoms with Gasteiger partial charge in [0.1, 0.15) is 6.33 Å². The number of H-pyrrole nitrogens is 2. The molecule has 2 N–H and O–H groups in total. The van der Waals surface area contributed by atoms with E-state index in [4.69, 9.17) is 0 Å². The second-order valence-electron chi connectivity index (χ2n) is 5.18. The van der Waals surface area contributed by atoms with Gasteiger partial charge in [-0.05, 0) is 0 Å².